The van der Waals surface area contributed by atoms with E-state index in [0.717, 1.165) is 25.0 Å². The zero-order valence-electron chi connectivity index (χ0n) is 12.0. The van der Waals surface area contributed by atoms with Gasteiger partial charge in [0.25, 0.3) is 0 Å². The van der Waals surface area contributed by atoms with Crippen LogP contribution in [0.3, 0.4) is 0 Å². The highest BCUT2D eigenvalue weighted by Crippen LogP contribution is 2.32. The lowest BCUT2D eigenvalue weighted by atomic mass is 9.73. The molecule has 0 heterocycles. The number of ketones is 1. The van der Waals surface area contributed by atoms with Gasteiger partial charge in [-0.1, -0.05) is 31.9 Å². The molecule has 116 valence electrons. The lowest BCUT2D eigenvalue weighted by Crippen LogP contribution is -2.51. The van der Waals surface area contributed by atoms with Crippen molar-refractivity contribution in [2.75, 3.05) is 0 Å². The van der Waals surface area contributed by atoms with Crippen LogP contribution in [0.1, 0.15) is 43.7 Å². The summed E-state index contributed by atoms with van der Waals surface area (Å²) >= 11 is 0. The first-order valence-electron chi connectivity index (χ1n) is 7.19. The van der Waals surface area contributed by atoms with Crippen LogP contribution in [0.5, 0.6) is 0 Å². The minimum absolute atomic E-state index is 0.0752. The fourth-order valence-electron chi connectivity index (χ4n) is 3.02. The van der Waals surface area contributed by atoms with Crippen molar-refractivity contribution in [1.82, 2.24) is 0 Å². The number of alkyl halides is 3. The lowest BCUT2D eigenvalue weighted by molar-refractivity contribution is -0.137. The summed E-state index contributed by atoms with van der Waals surface area (Å²) in [6, 6.07) is 4.73. The standard InChI is InChI=1S/C16H20F3NO/c1-11-3-2-8-15(20,10-11)14(21)9-12-4-6-13(7-5-12)16(17,18)19/h4-7,11H,2-3,8-10,20H2,1H3. The summed E-state index contributed by atoms with van der Waals surface area (Å²) in [5.41, 5.74) is 5.27. The van der Waals surface area contributed by atoms with Gasteiger partial charge >= 0.3 is 6.18 Å². The number of Topliss-reactive ketones (excluding diaryl/α,β-unsaturated/α-hetero) is 1. The molecule has 1 aromatic carbocycles. The molecule has 2 N–H and O–H groups in total. The molecule has 21 heavy (non-hydrogen) atoms. The van der Waals surface area contributed by atoms with Gasteiger partial charge in [0.2, 0.25) is 0 Å². The Morgan fingerprint density at radius 2 is 1.95 bits per heavy atom. The first kappa shape index (κ1) is 16.0. The van der Waals surface area contributed by atoms with Crippen LogP contribution in [0.15, 0.2) is 24.3 Å². The van der Waals surface area contributed by atoms with Crippen LogP contribution in [0.4, 0.5) is 13.2 Å². The molecule has 1 aliphatic rings. The van der Waals surface area contributed by atoms with Crippen LogP contribution < -0.4 is 5.73 Å². The Kier molecular flexibility index (Phi) is 4.42. The Morgan fingerprint density at radius 3 is 2.48 bits per heavy atom. The Morgan fingerprint density at radius 1 is 1.33 bits per heavy atom. The van der Waals surface area contributed by atoms with Crippen molar-refractivity contribution in [3.8, 4) is 0 Å². The smallest absolute Gasteiger partial charge is 0.319 e. The van der Waals surface area contributed by atoms with Gasteiger partial charge in [-0.2, -0.15) is 13.2 Å². The number of benzene rings is 1. The maximum atomic E-state index is 12.5. The topological polar surface area (TPSA) is 43.1 Å². The van der Waals surface area contributed by atoms with E-state index in [1.165, 1.54) is 12.1 Å². The van der Waals surface area contributed by atoms with Gasteiger partial charge in [-0.3, -0.25) is 4.79 Å². The van der Waals surface area contributed by atoms with Crippen LogP contribution in [0, 0.1) is 5.92 Å². The van der Waals surface area contributed by atoms with E-state index in [-0.39, 0.29) is 12.2 Å². The largest absolute Gasteiger partial charge is 0.416 e. The second-order valence-electron chi connectivity index (χ2n) is 6.15. The molecular formula is C16H20F3NO. The first-order valence-corrected chi connectivity index (χ1v) is 7.19. The average Bonchev–Trinajstić information content (AvgIpc) is 2.38. The number of rotatable bonds is 3. The van der Waals surface area contributed by atoms with Crippen LogP contribution >= 0.6 is 0 Å². The van der Waals surface area contributed by atoms with Gasteiger partial charge in [0.1, 0.15) is 0 Å². The summed E-state index contributed by atoms with van der Waals surface area (Å²) in [7, 11) is 0. The van der Waals surface area contributed by atoms with Crippen LogP contribution in [0.2, 0.25) is 0 Å². The average molecular weight is 299 g/mol. The van der Waals surface area contributed by atoms with Crippen molar-refractivity contribution in [2.24, 2.45) is 11.7 Å². The molecule has 1 aliphatic carbocycles. The molecular weight excluding hydrogens is 279 g/mol. The molecule has 1 fully saturated rings. The molecule has 0 aromatic heterocycles. The SMILES string of the molecule is CC1CCCC(N)(C(=O)Cc2ccc(C(F)(F)F)cc2)C1. The second-order valence-corrected chi connectivity index (χ2v) is 6.15. The van der Waals surface area contributed by atoms with E-state index >= 15 is 0 Å². The first-order chi connectivity index (χ1) is 9.71. The molecule has 2 rings (SSSR count). The number of carbonyl (C=O) groups excluding carboxylic acids is 1. The molecule has 1 aromatic rings. The van der Waals surface area contributed by atoms with Gasteiger partial charge in [-0.05, 0) is 36.5 Å². The zero-order valence-corrected chi connectivity index (χ0v) is 12.0. The van der Waals surface area contributed by atoms with Gasteiger partial charge in [0.15, 0.2) is 5.78 Å². The van der Waals surface area contributed by atoms with E-state index in [0.29, 0.717) is 24.3 Å². The quantitative estimate of drug-likeness (QED) is 0.924. The summed E-state index contributed by atoms with van der Waals surface area (Å²) < 4.78 is 37.5. The fraction of sp³-hybridized carbons (Fsp3) is 0.562. The third kappa shape index (κ3) is 3.84. The molecule has 5 heteroatoms. The number of nitrogens with two attached hydrogens (primary N) is 1. The maximum Gasteiger partial charge on any atom is 0.416 e. The summed E-state index contributed by atoms with van der Waals surface area (Å²) in [5.74, 6) is 0.342. The summed E-state index contributed by atoms with van der Waals surface area (Å²) in [4.78, 5) is 12.4. The number of hydrogen-bond donors (Lipinski definition) is 1. The van der Waals surface area contributed by atoms with Crippen molar-refractivity contribution < 1.29 is 18.0 Å². The molecule has 0 bridgehead atoms. The highest BCUT2D eigenvalue weighted by molar-refractivity contribution is 5.90. The highest BCUT2D eigenvalue weighted by Gasteiger charge is 2.37. The molecule has 0 radical (unpaired) electrons. The Hall–Kier alpha value is -1.36. The number of hydrogen-bond acceptors (Lipinski definition) is 2. The minimum atomic E-state index is -4.35. The monoisotopic (exact) mass is 299 g/mol. The van der Waals surface area contributed by atoms with Crippen molar-refractivity contribution in [1.29, 1.82) is 0 Å². The van der Waals surface area contributed by atoms with E-state index in [2.05, 4.69) is 6.92 Å². The Balaban J connectivity index is 2.06. The van der Waals surface area contributed by atoms with E-state index in [1.54, 1.807) is 0 Å². The van der Waals surface area contributed by atoms with E-state index < -0.39 is 17.3 Å². The van der Waals surface area contributed by atoms with Crippen LogP contribution in [-0.4, -0.2) is 11.3 Å². The molecule has 0 saturated heterocycles. The Bertz CT molecular complexity index is 509. The minimum Gasteiger partial charge on any atom is -0.319 e. The fourth-order valence-corrected chi connectivity index (χ4v) is 3.02. The van der Waals surface area contributed by atoms with Gasteiger partial charge in [0.05, 0.1) is 11.1 Å². The highest BCUT2D eigenvalue weighted by atomic mass is 19.4. The van der Waals surface area contributed by atoms with Crippen LogP contribution in [-0.2, 0) is 17.4 Å². The number of halogens is 3. The van der Waals surface area contributed by atoms with Gasteiger partial charge in [-0.15, -0.1) is 0 Å². The molecule has 2 unspecified atom stereocenters. The van der Waals surface area contributed by atoms with E-state index in [9.17, 15) is 18.0 Å². The summed E-state index contributed by atoms with van der Waals surface area (Å²) in [5, 5.41) is 0. The van der Waals surface area contributed by atoms with Crippen LogP contribution in [0.25, 0.3) is 0 Å². The van der Waals surface area contributed by atoms with Crippen molar-refractivity contribution in [2.45, 2.75) is 50.7 Å². The number of carbonyl (C=O) groups is 1. The summed E-state index contributed by atoms with van der Waals surface area (Å²) in [6.07, 6.45) is -0.927. The van der Waals surface area contributed by atoms with Crippen molar-refractivity contribution in [3.63, 3.8) is 0 Å². The summed E-state index contributed by atoms with van der Waals surface area (Å²) in [6.45, 7) is 2.08. The maximum absolute atomic E-state index is 12.5. The normalized spacial score (nSPS) is 26.6. The molecule has 0 amide bonds. The van der Waals surface area contributed by atoms with Crippen molar-refractivity contribution in [3.05, 3.63) is 35.4 Å². The van der Waals surface area contributed by atoms with Gasteiger partial charge < -0.3 is 5.73 Å². The predicted molar refractivity (Wildman–Crippen MR) is 74.7 cm³/mol. The molecule has 2 atom stereocenters. The second kappa shape index (κ2) is 5.79. The molecule has 2 nitrogen and oxygen atoms in total. The van der Waals surface area contributed by atoms with Gasteiger partial charge in [0, 0.05) is 6.42 Å². The molecule has 1 saturated carbocycles. The van der Waals surface area contributed by atoms with E-state index in [1.807, 2.05) is 0 Å². The van der Waals surface area contributed by atoms with Gasteiger partial charge in [-0.25, -0.2) is 0 Å². The predicted octanol–water partition coefficient (Wildman–Crippen LogP) is 3.72. The zero-order chi connectivity index (χ0) is 15.7. The lowest BCUT2D eigenvalue weighted by Gasteiger charge is -2.35. The molecule has 0 aliphatic heterocycles. The molecule has 0 spiro atoms. The third-order valence-corrected chi connectivity index (χ3v) is 4.23. The van der Waals surface area contributed by atoms with E-state index in [4.69, 9.17) is 5.73 Å². The third-order valence-electron chi connectivity index (χ3n) is 4.23. The Labute approximate surface area is 122 Å². The van der Waals surface area contributed by atoms with Crippen molar-refractivity contribution >= 4 is 5.78 Å².